The van der Waals surface area contributed by atoms with Gasteiger partial charge in [0.1, 0.15) is 0 Å². The summed E-state index contributed by atoms with van der Waals surface area (Å²) in [6.07, 6.45) is 1.08. The lowest BCUT2D eigenvalue weighted by atomic mass is 10.1. The number of nitrogens with two attached hydrogens (primary N) is 1. The van der Waals surface area contributed by atoms with Crippen LogP contribution in [0.25, 0.3) is 0 Å². The summed E-state index contributed by atoms with van der Waals surface area (Å²) in [5.41, 5.74) is 8.03. The van der Waals surface area contributed by atoms with Crippen LogP contribution in [-0.2, 0) is 0 Å². The second kappa shape index (κ2) is 6.67. The molecule has 1 unspecified atom stereocenters. The minimum absolute atomic E-state index is 0.384. The SMILES string of the molecule is CCC(C)N.Cc1ccccc1C. The summed E-state index contributed by atoms with van der Waals surface area (Å²) in [6.45, 7) is 8.31. The summed E-state index contributed by atoms with van der Waals surface area (Å²) in [5, 5.41) is 0. The van der Waals surface area contributed by atoms with Crippen LogP contribution in [0, 0.1) is 13.8 Å². The zero-order valence-electron chi connectivity index (χ0n) is 9.17. The number of rotatable bonds is 1. The van der Waals surface area contributed by atoms with Crippen LogP contribution in [0.15, 0.2) is 24.3 Å². The van der Waals surface area contributed by atoms with E-state index in [4.69, 9.17) is 5.73 Å². The molecule has 0 aromatic heterocycles. The van der Waals surface area contributed by atoms with Crippen molar-refractivity contribution < 1.29 is 0 Å². The largest absolute Gasteiger partial charge is 0.328 e. The molecule has 0 spiro atoms. The van der Waals surface area contributed by atoms with Crippen molar-refractivity contribution in [3.05, 3.63) is 35.4 Å². The van der Waals surface area contributed by atoms with Crippen molar-refractivity contribution in [1.82, 2.24) is 0 Å². The molecule has 1 aromatic carbocycles. The van der Waals surface area contributed by atoms with Crippen LogP contribution in [0.2, 0.25) is 0 Å². The molecular weight excluding hydrogens is 158 g/mol. The second-order valence-corrected chi connectivity index (χ2v) is 3.47. The fourth-order valence-electron chi connectivity index (χ4n) is 0.663. The van der Waals surface area contributed by atoms with Gasteiger partial charge in [-0.05, 0) is 38.3 Å². The van der Waals surface area contributed by atoms with Crippen LogP contribution >= 0.6 is 0 Å². The summed E-state index contributed by atoms with van der Waals surface area (Å²) >= 11 is 0. The maximum absolute atomic E-state index is 5.29. The van der Waals surface area contributed by atoms with Crippen LogP contribution in [0.3, 0.4) is 0 Å². The predicted octanol–water partition coefficient (Wildman–Crippen LogP) is 3.05. The molecule has 2 N–H and O–H groups in total. The van der Waals surface area contributed by atoms with E-state index in [0.717, 1.165) is 6.42 Å². The van der Waals surface area contributed by atoms with E-state index in [-0.39, 0.29) is 0 Å². The summed E-state index contributed by atoms with van der Waals surface area (Å²) in [5.74, 6) is 0. The lowest BCUT2D eigenvalue weighted by molar-refractivity contribution is 0.715. The van der Waals surface area contributed by atoms with E-state index >= 15 is 0 Å². The van der Waals surface area contributed by atoms with Crippen LogP contribution in [0.5, 0.6) is 0 Å². The van der Waals surface area contributed by atoms with Crippen LogP contribution in [0.4, 0.5) is 0 Å². The lowest BCUT2D eigenvalue weighted by Gasteiger charge is -1.93. The average molecular weight is 179 g/mol. The van der Waals surface area contributed by atoms with Crippen LogP contribution in [-0.4, -0.2) is 6.04 Å². The van der Waals surface area contributed by atoms with Crippen molar-refractivity contribution in [3.8, 4) is 0 Å². The topological polar surface area (TPSA) is 26.0 Å². The molecule has 1 heteroatoms. The zero-order chi connectivity index (χ0) is 10.3. The van der Waals surface area contributed by atoms with Crippen LogP contribution in [0.1, 0.15) is 31.4 Å². The van der Waals surface area contributed by atoms with Crippen LogP contribution < -0.4 is 5.73 Å². The first-order valence-electron chi connectivity index (χ1n) is 4.85. The Morgan fingerprint density at radius 1 is 1.15 bits per heavy atom. The number of hydrogen-bond acceptors (Lipinski definition) is 1. The third-order valence-electron chi connectivity index (χ3n) is 2.07. The normalized spacial score (nSPS) is 11.5. The smallest absolute Gasteiger partial charge is 0.000781 e. The van der Waals surface area contributed by atoms with Crippen molar-refractivity contribution in [3.63, 3.8) is 0 Å². The van der Waals surface area contributed by atoms with Gasteiger partial charge in [0, 0.05) is 6.04 Å². The minimum Gasteiger partial charge on any atom is -0.328 e. The van der Waals surface area contributed by atoms with Crippen molar-refractivity contribution in [1.29, 1.82) is 0 Å². The highest BCUT2D eigenvalue weighted by atomic mass is 14.6. The molecule has 74 valence electrons. The van der Waals surface area contributed by atoms with Gasteiger partial charge in [0.25, 0.3) is 0 Å². The molecule has 1 rings (SSSR count). The highest BCUT2D eigenvalue weighted by molar-refractivity contribution is 5.23. The summed E-state index contributed by atoms with van der Waals surface area (Å²) in [4.78, 5) is 0. The van der Waals surface area contributed by atoms with Gasteiger partial charge >= 0.3 is 0 Å². The Hall–Kier alpha value is -0.820. The Kier molecular flexibility index (Phi) is 6.25. The van der Waals surface area contributed by atoms with Gasteiger partial charge < -0.3 is 5.73 Å². The third kappa shape index (κ3) is 6.35. The molecule has 0 amide bonds. The molecule has 0 fully saturated rings. The molecule has 0 bridgehead atoms. The number of aryl methyl sites for hydroxylation is 2. The fraction of sp³-hybridized carbons (Fsp3) is 0.500. The Balaban J connectivity index is 0.000000252. The first-order valence-corrected chi connectivity index (χ1v) is 4.85. The van der Waals surface area contributed by atoms with E-state index in [9.17, 15) is 0 Å². The van der Waals surface area contributed by atoms with Gasteiger partial charge in [0.05, 0.1) is 0 Å². The van der Waals surface area contributed by atoms with Crippen molar-refractivity contribution in [2.45, 2.75) is 40.2 Å². The molecule has 0 heterocycles. The highest BCUT2D eigenvalue weighted by Crippen LogP contribution is 2.02. The van der Waals surface area contributed by atoms with E-state index in [1.165, 1.54) is 11.1 Å². The average Bonchev–Trinajstić information content (AvgIpc) is 2.11. The summed E-state index contributed by atoms with van der Waals surface area (Å²) in [7, 11) is 0. The van der Waals surface area contributed by atoms with Gasteiger partial charge in [-0.2, -0.15) is 0 Å². The molecule has 1 aromatic rings. The second-order valence-electron chi connectivity index (χ2n) is 3.47. The molecule has 1 nitrogen and oxygen atoms in total. The molecule has 0 aliphatic heterocycles. The maximum Gasteiger partial charge on any atom is 0.000781 e. The van der Waals surface area contributed by atoms with Gasteiger partial charge in [-0.3, -0.25) is 0 Å². The Bertz CT molecular complexity index is 207. The molecule has 0 radical (unpaired) electrons. The van der Waals surface area contributed by atoms with E-state index in [2.05, 4.69) is 45.0 Å². The maximum atomic E-state index is 5.29. The Labute approximate surface area is 82.0 Å². The lowest BCUT2D eigenvalue weighted by Crippen LogP contribution is -2.11. The molecule has 0 saturated heterocycles. The quantitative estimate of drug-likeness (QED) is 0.704. The van der Waals surface area contributed by atoms with Gasteiger partial charge in [0.2, 0.25) is 0 Å². The van der Waals surface area contributed by atoms with E-state index < -0.39 is 0 Å². The standard InChI is InChI=1S/C8H10.C4H11N/c1-7-5-3-4-6-8(7)2;1-3-4(2)5/h3-6H,1-2H3;4H,3,5H2,1-2H3. The monoisotopic (exact) mass is 179 g/mol. The number of benzene rings is 1. The summed E-state index contributed by atoms with van der Waals surface area (Å²) in [6, 6.07) is 8.74. The molecule has 1 atom stereocenters. The first-order chi connectivity index (χ1) is 6.07. The van der Waals surface area contributed by atoms with Crippen molar-refractivity contribution in [2.24, 2.45) is 5.73 Å². The Morgan fingerprint density at radius 3 is 1.62 bits per heavy atom. The van der Waals surface area contributed by atoms with E-state index in [0.29, 0.717) is 6.04 Å². The molecule has 0 aliphatic rings. The predicted molar refractivity (Wildman–Crippen MR) is 59.9 cm³/mol. The van der Waals surface area contributed by atoms with Gasteiger partial charge in [0.15, 0.2) is 0 Å². The summed E-state index contributed by atoms with van der Waals surface area (Å²) < 4.78 is 0. The number of hydrogen-bond donors (Lipinski definition) is 1. The van der Waals surface area contributed by atoms with Gasteiger partial charge in [-0.25, -0.2) is 0 Å². The first kappa shape index (κ1) is 12.2. The van der Waals surface area contributed by atoms with E-state index in [1.54, 1.807) is 0 Å². The molecule has 13 heavy (non-hydrogen) atoms. The third-order valence-corrected chi connectivity index (χ3v) is 2.07. The van der Waals surface area contributed by atoms with Gasteiger partial charge in [-0.1, -0.05) is 31.2 Å². The fourth-order valence-corrected chi connectivity index (χ4v) is 0.663. The molecular formula is C12H21N. The molecule has 0 saturated carbocycles. The Morgan fingerprint density at radius 2 is 1.46 bits per heavy atom. The van der Waals surface area contributed by atoms with E-state index in [1.807, 2.05) is 6.92 Å². The highest BCUT2D eigenvalue weighted by Gasteiger charge is 1.83. The minimum atomic E-state index is 0.384. The van der Waals surface area contributed by atoms with Gasteiger partial charge in [-0.15, -0.1) is 0 Å². The molecule has 0 aliphatic carbocycles. The van der Waals surface area contributed by atoms with Crippen molar-refractivity contribution >= 4 is 0 Å². The zero-order valence-corrected chi connectivity index (χ0v) is 9.17. The van der Waals surface area contributed by atoms with Crippen molar-refractivity contribution in [2.75, 3.05) is 0 Å².